The van der Waals surface area contributed by atoms with Crippen molar-refractivity contribution in [3.05, 3.63) is 0 Å². The van der Waals surface area contributed by atoms with Gasteiger partial charge in [-0.25, -0.2) is 0 Å². The van der Waals surface area contributed by atoms with Crippen LogP contribution < -0.4 is 10.6 Å². The molecule has 0 unspecified atom stereocenters. The van der Waals surface area contributed by atoms with Crippen LogP contribution in [-0.2, 0) is 14.3 Å². The van der Waals surface area contributed by atoms with Crippen molar-refractivity contribution in [2.45, 2.75) is 57.0 Å². The minimum absolute atomic E-state index is 0. The summed E-state index contributed by atoms with van der Waals surface area (Å²) in [5.41, 5.74) is 0.109. The SMILES string of the molecule is CCOC(=O)C1CCC(NC(=NC)NCC2(N(C)C)CCOCC2)CC1.I. The molecule has 1 saturated carbocycles. The highest BCUT2D eigenvalue weighted by Crippen LogP contribution is 2.26. The molecule has 2 rings (SSSR count). The third kappa shape index (κ3) is 7.05. The fraction of sp³-hybridized carbons (Fsp3) is 0.895. The third-order valence-corrected chi connectivity index (χ3v) is 5.87. The van der Waals surface area contributed by atoms with Crippen LogP contribution in [0.2, 0.25) is 0 Å². The van der Waals surface area contributed by atoms with Crippen molar-refractivity contribution in [1.82, 2.24) is 15.5 Å². The number of nitrogens with one attached hydrogen (secondary N) is 2. The Balaban J connectivity index is 0.00000364. The van der Waals surface area contributed by atoms with Gasteiger partial charge < -0.3 is 25.0 Å². The van der Waals surface area contributed by atoms with Crippen LogP contribution in [0.15, 0.2) is 4.99 Å². The van der Waals surface area contributed by atoms with E-state index in [4.69, 9.17) is 9.47 Å². The van der Waals surface area contributed by atoms with Gasteiger partial charge in [0.2, 0.25) is 0 Å². The van der Waals surface area contributed by atoms with Crippen molar-refractivity contribution in [2.24, 2.45) is 10.9 Å². The Kier molecular flexibility index (Phi) is 10.9. The van der Waals surface area contributed by atoms with Gasteiger partial charge >= 0.3 is 5.97 Å². The molecule has 0 aromatic heterocycles. The molecule has 0 aromatic rings. The molecule has 7 nitrogen and oxygen atoms in total. The highest BCUT2D eigenvalue weighted by Gasteiger charge is 2.35. The first-order chi connectivity index (χ1) is 12.5. The highest BCUT2D eigenvalue weighted by atomic mass is 127. The van der Waals surface area contributed by atoms with Crippen LogP contribution >= 0.6 is 24.0 Å². The molecule has 27 heavy (non-hydrogen) atoms. The Morgan fingerprint density at radius 3 is 2.37 bits per heavy atom. The molecular formula is C19H37IN4O3. The van der Waals surface area contributed by atoms with Gasteiger partial charge in [0.25, 0.3) is 0 Å². The Morgan fingerprint density at radius 1 is 1.22 bits per heavy atom. The zero-order valence-corrected chi connectivity index (χ0v) is 19.6. The molecule has 0 aromatic carbocycles. The maximum absolute atomic E-state index is 11.9. The normalized spacial score (nSPS) is 25.4. The number of esters is 1. The molecule has 0 spiro atoms. The van der Waals surface area contributed by atoms with Gasteiger partial charge in [0.05, 0.1) is 12.5 Å². The average molecular weight is 496 g/mol. The molecule has 1 aliphatic heterocycles. The molecule has 8 heteroatoms. The molecule has 0 radical (unpaired) electrons. The third-order valence-electron chi connectivity index (χ3n) is 5.87. The van der Waals surface area contributed by atoms with E-state index in [2.05, 4.69) is 34.6 Å². The number of aliphatic imine (C=N–C) groups is 1. The van der Waals surface area contributed by atoms with Gasteiger partial charge in [-0.2, -0.15) is 0 Å². The van der Waals surface area contributed by atoms with Crippen molar-refractivity contribution in [1.29, 1.82) is 0 Å². The van der Waals surface area contributed by atoms with Gasteiger partial charge in [-0.3, -0.25) is 9.79 Å². The van der Waals surface area contributed by atoms with E-state index in [1.807, 2.05) is 14.0 Å². The Bertz CT molecular complexity index is 474. The minimum atomic E-state index is -0.0408. The lowest BCUT2D eigenvalue weighted by molar-refractivity contribution is -0.149. The lowest BCUT2D eigenvalue weighted by Crippen LogP contribution is -2.57. The van der Waals surface area contributed by atoms with E-state index in [9.17, 15) is 4.79 Å². The zero-order chi connectivity index (χ0) is 19.0. The second kappa shape index (κ2) is 12.1. The summed E-state index contributed by atoms with van der Waals surface area (Å²) in [5.74, 6) is 0.862. The lowest BCUT2D eigenvalue weighted by Gasteiger charge is -2.43. The first-order valence-corrected chi connectivity index (χ1v) is 9.89. The quantitative estimate of drug-likeness (QED) is 0.254. The van der Waals surface area contributed by atoms with E-state index in [1.165, 1.54) is 0 Å². The molecule has 158 valence electrons. The molecule has 2 fully saturated rings. The summed E-state index contributed by atoms with van der Waals surface area (Å²) in [5, 5.41) is 7.04. The summed E-state index contributed by atoms with van der Waals surface area (Å²) < 4.78 is 10.7. The molecule has 2 aliphatic rings. The van der Waals surface area contributed by atoms with Crippen molar-refractivity contribution in [3.8, 4) is 0 Å². The molecular weight excluding hydrogens is 459 g/mol. The summed E-state index contributed by atoms with van der Waals surface area (Å²) in [4.78, 5) is 18.6. The largest absolute Gasteiger partial charge is 0.466 e. The van der Waals surface area contributed by atoms with Crippen LogP contribution in [0.1, 0.15) is 45.4 Å². The van der Waals surface area contributed by atoms with Gasteiger partial charge in [0, 0.05) is 38.4 Å². The number of halogens is 1. The number of likely N-dealkylation sites (N-methyl/N-ethyl adjacent to an activating group) is 1. The van der Waals surface area contributed by atoms with Gasteiger partial charge in [-0.15, -0.1) is 24.0 Å². The molecule has 0 bridgehead atoms. The number of nitrogens with zero attached hydrogens (tertiary/aromatic N) is 2. The van der Waals surface area contributed by atoms with Crippen LogP contribution in [0.4, 0.5) is 0 Å². The van der Waals surface area contributed by atoms with Gasteiger partial charge in [0.15, 0.2) is 5.96 Å². The van der Waals surface area contributed by atoms with Crippen LogP contribution in [0.25, 0.3) is 0 Å². The first-order valence-electron chi connectivity index (χ1n) is 9.89. The summed E-state index contributed by atoms with van der Waals surface area (Å²) in [6, 6.07) is 0.358. The van der Waals surface area contributed by atoms with Crippen molar-refractivity contribution >= 4 is 35.9 Å². The summed E-state index contributed by atoms with van der Waals surface area (Å²) >= 11 is 0. The van der Waals surface area contributed by atoms with Crippen LogP contribution in [0.3, 0.4) is 0 Å². The molecule has 0 amide bonds. The number of carbonyl (C=O) groups excluding carboxylic acids is 1. The van der Waals surface area contributed by atoms with Gasteiger partial charge in [-0.05, 0) is 59.5 Å². The van der Waals surface area contributed by atoms with Crippen molar-refractivity contribution in [2.75, 3.05) is 47.5 Å². The maximum Gasteiger partial charge on any atom is 0.308 e. The van der Waals surface area contributed by atoms with Gasteiger partial charge in [0.1, 0.15) is 0 Å². The number of carbonyl (C=O) groups is 1. The predicted octanol–water partition coefficient (Wildman–Crippen LogP) is 2.00. The molecule has 2 N–H and O–H groups in total. The second-order valence-electron chi connectivity index (χ2n) is 7.60. The molecule has 1 saturated heterocycles. The van der Waals surface area contributed by atoms with Gasteiger partial charge in [-0.1, -0.05) is 0 Å². The fourth-order valence-electron chi connectivity index (χ4n) is 3.90. The van der Waals surface area contributed by atoms with E-state index in [1.54, 1.807) is 0 Å². The second-order valence-corrected chi connectivity index (χ2v) is 7.60. The highest BCUT2D eigenvalue weighted by molar-refractivity contribution is 14.0. The standard InChI is InChI=1S/C19H36N4O3.HI/c1-5-26-17(24)15-6-8-16(9-7-15)22-18(20-2)21-14-19(23(3)4)10-12-25-13-11-19;/h15-16H,5-14H2,1-4H3,(H2,20,21,22);1H. The zero-order valence-electron chi connectivity index (χ0n) is 17.3. The summed E-state index contributed by atoms with van der Waals surface area (Å²) in [6.45, 7) is 4.79. The molecule has 1 aliphatic carbocycles. The smallest absolute Gasteiger partial charge is 0.308 e. The van der Waals surface area contributed by atoms with Crippen molar-refractivity contribution in [3.63, 3.8) is 0 Å². The predicted molar refractivity (Wildman–Crippen MR) is 119 cm³/mol. The van der Waals surface area contributed by atoms with Crippen LogP contribution in [-0.4, -0.2) is 75.9 Å². The number of rotatable bonds is 6. The number of guanidine groups is 1. The van der Waals surface area contributed by atoms with E-state index in [0.717, 1.165) is 64.2 Å². The number of ether oxygens (including phenoxy) is 2. The summed E-state index contributed by atoms with van der Waals surface area (Å²) in [7, 11) is 6.09. The Hall–Kier alpha value is -0.610. The Morgan fingerprint density at radius 2 is 1.85 bits per heavy atom. The van der Waals surface area contributed by atoms with E-state index in [0.29, 0.717) is 12.6 Å². The number of hydrogen-bond acceptors (Lipinski definition) is 5. The maximum atomic E-state index is 11.9. The van der Waals surface area contributed by atoms with E-state index in [-0.39, 0.29) is 41.4 Å². The minimum Gasteiger partial charge on any atom is -0.466 e. The van der Waals surface area contributed by atoms with Crippen LogP contribution in [0, 0.1) is 5.92 Å². The first kappa shape index (κ1) is 24.4. The monoisotopic (exact) mass is 496 g/mol. The summed E-state index contributed by atoms with van der Waals surface area (Å²) in [6.07, 6.45) is 5.75. The van der Waals surface area contributed by atoms with Crippen molar-refractivity contribution < 1.29 is 14.3 Å². The topological polar surface area (TPSA) is 75.2 Å². The average Bonchev–Trinajstić information content (AvgIpc) is 2.66. The number of hydrogen-bond donors (Lipinski definition) is 2. The van der Waals surface area contributed by atoms with E-state index < -0.39 is 0 Å². The molecule has 1 heterocycles. The fourth-order valence-corrected chi connectivity index (χ4v) is 3.90. The molecule has 0 atom stereocenters. The Labute approximate surface area is 181 Å². The van der Waals surface area contributed by atoms with E-state index >= 15 is 0 Å². The lowest BCUT2D eigenvalue weighted by atomic mass is 9.86. The van der Waals surface area contributed by atoms with Crippen LogP contribution in [0.5, 0.6) is 0 Å².